The maximum absolute atomic E-state index is 12.7. The van der Waals surface area contributed by atoms with Crippen molar-refractivity contribution in [3.8, 4) is 0 Å². The number of carbonyl (C=O) groups excluding carboxylic acids is 2. The van der Waals surface area contributed by atoms with Crippen molar-refractivity contribution in [3.63, 3.8) is 0 Å². The maximum atomic E-state index is 12.7. The predicted molar refractivity (Wildman–Crippen MR) is 114 cm³/mol. The van der Waals surface area contributed by atoms with Crippen molar-refractivity contribution in [2.45, 2.75) is 68.1 Å². The highest BCUT2D eigenvalue weighted by atomic mass is 32.2. The van der Waals surface area contributed by atoms with E-state index in [1.807, 2.05) is 37.3 Å². The van der Waals surface area contributed by atoms with Crippen LogP contribution in [0.2, 0.25) is 0 Å². The number of carbonyl (C=O) groups is 2. The van der Waals surface area contributed by atoms with E-state index in [1.54, 1.807) is 11.8 Å². The van der Waals surface area contributed by atoms with Gasteiger partial charge in [0, 0.05) is 13.0 Å². The van der Waals surface area contributed by atoms with Crippen LogP contribution in [0, 0.1) is 0 Å². The molecule has 6 nitrogen and oxygen atoms in total. The van der Waals surface area contributed by atoms with Gasteiger partial charge in [0.15, 0.2) is 4.34 Å². The Bertz CT molecular complexity index is 808. The Morgan fingerprint density at radius 3 is 2.61 bits per heavy atom. The smallest absolute Gasteiger partial charge is 0.233 e. The lowest BCUT2D eigenvalue weighted by Gasteiger charge is -2.20. The average molecular weight is 419 g/mol. The summed E-state index contributed by atoms with van der Waals surface area (Å²) >= 11 is 2.76. The Balaban J connectivity index is 1.61. The quantitative estimate of drug-likeness (QED) is 0.488. The van der Waals surface area contributed by atoms with Gasteiger partial charge in [-0.15, -0.1) is 10.2 Å². The molecule has 150 valence electrons. The molecule has 1 N–H and O–H groups in total. The van der Waals surface area contributed by atoms with Gasteiger partial charge in [-0.25, -0.2) is 0 Å². The molecule has 1 fully saturated rings. The number of anilines is 1. The molecular formula is C20H26N4O2S2. The molecule has 1 aliphatic rings. The Kier molecular flexibility index (Phi) is 7.07. The van der Waals surface area contributed by atoms with E-state index in [0.29, 0.717) is 9.47 Å². The molecule has 1 aromatic carbocycles. The van der Waals surface area contributed by atoms with Crippen LogP contribution < -0.4 is 10.2 Å². The highest BCUT2D eigenvalue weighted by molar-refractivity contribution is 8.02. The summed E-state index contributed by atoms with van der Waals surface area (Å²) in [6, 6.07) is 10.3. The number of hydrogen-bond donors (Lipinski definition) is 1. The summed E-state index contributed by atoms with van der Waals surface area (Å²) in [6.45, 7) is 5.54. The first kappa shape index (κ1) is 20.8. The van der Waals surface area contributed by atoms with Crippen molar-refractivity contribution in [1.29, 1.82) is 0 Å². The van der Waals surface area contributed by atoms with E-state index in [9.17, 15) is 9.59 Å². The van der Waals surface area contributed by atoms with E-state index in [2.05, 4.69) is 22.4 Å². The molecule has 1 heterocycles. The molecule has 0 aliphatic heterocycles. The summed E-state index contributed by atoms with van der Waals surface area (Å²) in [4.78, 5) is 26.3. The number of nitrogens with zero attached hydrogens (tertiary/aromatic N) is 3. The normalized spacial score (nSPS) is 15.7. The number of aromatic nitrogens is 2. The third-order valence-corrected chi connectivity index (χ3v) is 6.70. The molecule has 0 radical (unpaired) electrons. The predicted octanol–water partition coefficient (Wildman–Crippen LogP) is 4.19. The first-order chi connectivity index (χ1) is 13.5. The lowest BCUT2D eigenvalue weighted by atomic mass is 10.0. The third kappa shape index (κ3) is 5.32. The van der Waals surface area contributed by atoms with Gasteiger partial charge in [0.05, 0.1) is 11.3 Å². The van der Waals surface area contributed by atoms with Crippen LogP contribution in [0.25, 0.3) is 0 Å². The minimum Gasteiger partial charge on any atom is -0.348 e. The van der Waals surface area contributed by atoms with E-state index in [0.717, 1.165) is 31.2 Å². The SMILES string of the molecule is CCCC(NC(=O)C(C)Sc1nnc(N(C(C)=O)C2CC2)s1)c1ccccc1. The van der Waals surface area contributed by atoms with Crippen LogP contribution in [0.15, 0.2) is 34.7 Å². The number of rotatable bonds is 9. The third-order valence-electron chi connectivity index (χ3n) is 4.60. The summed E-state index contributed by atoms with van der Waals surface area (Å²) in [6.07, 6.45) is 3.91. The molecule has 28 heavy (non-hydrogen) atoms. The maximum Gasteiger partial charge on any atom is 0.233 e. The summed E-state index contributed by atoms with van der Waals surface area (Å²) in [5.74, 6) is -0.0269. The number of benzene rings is 1. The lowest BCUT2D eigenvalue weighted by molar-refractivity contribution is -0.121. The Hall–Kier alpha value is -1.93. The van der Waals surface area contributed by atoms with E-state index < -0.39 is 0 Å². The molecule has 1 aliphatic carbocycles. The summed E-state index contributed by atoms with van der Waals surface area (Å²) < 4.78 is 0.705. The van der Waals surface area contributed by atoms with E-state index >= 15 is 0 Å². The lowest BCUT2D eigenvalue weighted by Crippen LogP contribution is -2.34. The van der Waals surface area contributed by atoms with Crippen molar-refractivity contribution in [3.05, 3.63) is 35.9 Å². The molecule has 0 spiro atoms. The van der Waals surface area contributed by atoms with Gasteiger partial charge in [0.2, 0.25) is 16.9 Å². The number of thioether (sulfide) groups is 1. The molecule has 2 atom stereocenters. The van der Waals surface area contributed by atoms with Crippen molar-refractivity contribution in [1.82, 2.24) is 15.5 Å². The van der Waals surface area contributed by atoms with Crippen molar-refractivity contribution in [2.24, 2.45) is 0 Å². The summed E-state index contributed by atoms with van der Waals surface area (Å²) in [7, 11) is 0. The zero-order valence-corrected chi connectivity index (χ0v) is 18.1. The minimum absolute atomic E-state index is 0.00809. The number of hydrogen-bond acceptors (Lipinski definition) is 6. The molecule has 0 saturated heterocycles. The van der Waals surface area contributed by atoms with Gasteiger partial charge in [-0.3, -0.25) is 14.5 Å². The van der Waals surface area contributed by atoms with Gasteiger partial charge < -0.3 is 5.32 Å². The fourth-order valence-corrected chi connectivity index (χ4v) is 5.13. The second-order valence-corrected chi connectivity index (χ2v) is 9.54. The van der Waals surface area contributed by atoms with Gasteiger partial charge in [0.1, 0.15) is 0 Å². The molecule has 0 bridgehead atoms. The average Bonchev–Trinajstić information content (AvgIpc) is 3.40. The minimum atomic E-state index is -0.296. The fourth-order valence-electron chi connectivity index (χ4n) is 3.02. The Labute approximate surface area is 174 Å². The molecule has 1 saturated carbocycles. The zero-order chi connectivity index (χ0) is 20.1. The van der Waals surface area contributed by atoms with Crippen molar-refractivity contribution >= 4 is 40.0 Å². The van der Waals surface area contributed by atoms with Crippen LogP contribution in [0.3, 0.4) is 0 Å². The fraction of sp³-hybridized carbons (Fsp3) is 0.500. The molecule has 2 unspecified atom stereocenters. The summed E-state index contributed by atoms with van der Waals surface area (Å²) in [5.41, 5.74) is 1.12. The number of nitrogens with one attached hydrogen (secondary N) is 1. The molecule has 1 aromatic heterocycles. The molecule has 3 rings (SSSR count). The van der Waals surface area contributed by atoms with Gasteiger partial charge in [-0.05, 0) is 31.7 Å². The van der Waals surface area contributed by atoms with E-state index in [1.165, 1.54) is 23.1 Å². The van der Waals surface area contributed by atoms with Gasteiger partial charge >= 0.3 is 0 Å². The monoisotopic (exact) mass is 418 g/mol. The first-order valence-electron chi connectivity index (χ1n) is 9.64. The highest BCUT2D eigenvalue weighted by Gasteiger charge is 2.34. The molecular weight excluding hydrogens is 392 g/mol. The second kappa shape index (κ2) is 9.52. The Morgan fingerprint density at radius 1 is 1.29 bits per heavy atom. The largest absolute Gasteiger partial charge is 0.348 e. The van der Waals surface area contributed by atoms with Gasteiger partial charge in [-0.1, -0.05) is 66.8 Å². The van der Waals surface area contributed by atoms with Crippen LogP contribution >= 0.6 is 23.1 Å². The van der Waals surface area contributed by atoms with Gasteiger partial charge in [-0.2, -0.15) is 0 Å². The van der Waals surface area contributed by atoms with Crippen molar-refractivity contribution in [2.75, 3.05) is 4.90 Å². The van der Waals surface area contributed by atoms with Crippen LogP contribution in [0.5, 0.6) is 0 Å². The van der Waals surface area contributed by atoms with Gasteiger partial charge in [0.25, 0.3) is 0 Å². The Morgan fingerprint density at radius 2 is 2.00 bits per heavy atom. The summed E-state index contributed by atoms with van der Waals surface area (Å²) in [5, 5.41) is 11.8. The molecule has 2 aromatic rings. The number of amides is 2. The highest BCUT2D eigenvalue weighted by Crippen LogP contribution is 2.36. The van der Waals surface area contributed by atoms with E-state index in [4.69, 9.17) is 0 Å². The van der Waals surface area contributed by atoms with Crippen LogP contribution in [-0.4, -0.2) is 33.3 Å². The van der Waals surface area contributed by atoms with E-state index in [-0.39, 0.29) is 29.1 Å². The molecule has 2 amide bonds. The zero-order valence-electron chi connectivity index (χ0n) is 16.4. The van der Waals surface area contributed by atoms with Crippen molar-refractivity contribution < 1.29 is 9.59 Å². The van der Waals surface area contributed by atoms with Crippen LogP contribution in [-0.2, 0) is 9.59 Å². The van der Waals surface area contributed by atoms with Crippen LogP contribution in [0.1, 0.15) is 58.1 Å². The second-order valence-electron chi connectivity index (χ2n) is 6.99. The first-order valence-corrected chi connectivity index (χ1v) is 11.3. The standard InChI is InChI=1S/C20H26N4O2S2/c1-4-8-17(15-9-6-5-7-10-15)21-18(26)13(2)27-20-23-22-19(28-20)24(14(3)25)16-11-12-16/h5-7,9-10,13,16-17H,4,8,11-12H2,1-3H3,(H,21,26). The topological polar surface area (TPSA) is 75.2 Å². The van der Waals surface area contributed by atoms with Crippen LogP contribution in [0.4, 0.5) is 5.13 Å². The molecule has 8 heteroatoms.